The molecular formula is C14H10BrClF2. The van der Waals surface area contributed by atoms with Crippen molar-refractivity contribution in [2.75, 3.05) is 0 Å². The van der Waals surface area contributed by atoms with Crippen LogP contribution in [0.3, 0.4) is 0 Å². The first-order valence-corrected chi connectivity index (χ1v) is 6.62. The van der Waals surface area contributed by atoms with E-state index in [1.807, 2.05) is 0 Å². The van der Waals surface area contributed by atoms with Crippen molar-refractivity contribution in [3.63, 3.8) is 0 Å². The zero-order valence-corrected chi connectivity index (χ0v) is 11.7. The maximum Gasteiger partial charge on any atom is 0.124 e. The molecule has 18 heavy (non-hydrogen) atoms. The van der Waals surface area contributed by atoms with Crippen LogP contribution in [-0.2, 0) is 6.42 Å². The molecule has 0 aliphatic carbocycles. The second-order valence-corrected chi connectivity index (χ2v) is 5.44. The van der Waals surface area contributed by atoms with Gasteiger partial charge in [-0.15, -0.1) is 11.6 Å². The van der Waals surface area contributed by atoms with Crippen LogP contribution in [0, 0.1) is 11.6 Å². The summed E-state index contributed by atoms with van der Waals surface area (Å²) < 4.78 is 26.7. The van der Waals surface area contributed by atoms with Crippen molar-refractivity contribution in [1.29, 1.82) is 0 Å². The summed E-state index contributed by atoms with van der Waals surface area (Å²) in [4.78, 5) is 0. The molecule has 0 aliphatic heterocycles. The summed E-state index contributed by atoms with van der Waals surface area (Å²) in [5.74, 6) is -0.609. The van der Waals surface area contributed by atoms with E-state index in [4.69, 9.17) is 11.6 Å². The molecule has 0 aromatic heterocycles. The Morgan fingerprint density at radius 1 is 1.00 bits per heavy atom. The minimum absolute atomic E-state index is 0.279. The summed E-state index contributed by atoms with van der Waals surface area (Å²) in [6, 6.07) is 10.7. The second-order valence-electron chi connectivity index (χ2n) is 4.00. The third kappa shape index (κ3) is 3.53. The van der Waals surface area contributed by atoms with Crippen LogP contribution in [0.5, 0.6) is 0 Å². The fourth-order valence-electron chi connectivity index (χ4n) is 1.70. The van der Waals surface area contributed by atoms with Crippen LogP contribution in [0.1, 0.15) is 16.5 Å². The van der Waals surface area contributed by atoms with E-state index in [1.54, 1.807) is 18.2 Å². The van der Waals surface area contributed by atoms with Gasteiger partial charge in [0.2, 0.25) is 0 Å². The molecule has 2 aromatic carbocycles. The first-order chi connectivity index (χ1) is 8.54. The van der Waals surface area contributed by atoms with Crippen LogP contribution in [0.25, 0.3) is 0 Å². The minimum atomic E-state index is -0.345. The lowest BCUT2D eigenvalue weighted by Crippen LogP contribution is -1.97. The normalized spacial score (nSPS) is 12.4. The Kier molecular flexibility index (Phi) is 4.36. The fourth-order valence-corrected chi connectivity index (χ4v) is 2.49. The lowest BCUT2D eigenvalue weighted by Gasteiger charge is -2.10. The Hall–Kier alpha value is -0.930. The summed E-state index contributed by atoms with van der Waals surface area (Å²) in [5.41, 5.74) is 1.62. The van der Waals surface area contributed by atoms with Gasteiger partial charge in [0.05, 0.1) is 5.38 Å². The van der Waals surface area contributed by atoms with E-state index in [-0.39, 0.29) is 17.0 Å². The highest BCUT2D eigenvalue weighted by atomic mass is 79.9. The molecule has 0 heterocycles. The molecular weight excluding hydrogens is 322 g/mol. The molecule has 0 N–H and O–H groups in total. The predicted octanol–water partition coefficient (Wildman–Crippen LogP) is 5.25. The van der Waals surface area contributed by atoms with Crippen molar-refractivity contribution in [2.24, 2.45) is 0 Å². The lowest BCUT2D eigenvalue weighted by atomic mass is 10.0. The van der Waals surface area contributed by atoms with Crippen LogP contribution in [0.15, 0.2) is 46.9 Å². The molecule has 0 aliphatic rings. The zero-order valence-electron chi connectivity index (χ0n) is 9.34. The van der Waals surface area contributed by atoms with E-state index in [9.17, 15) is 8.78 Å². The van der Waals surface area contributed by atoms with Gasteiger partial charge in [-0.05, 0) is 47.9 Å². The first-order valence-electron chi connectivity index (χ1n) is 5.39. The number of benzene rings is 2. The summed E-state index contributed by atoms with van der Waals surface area (Å²) >= 11 is 9.47. The van der Waals surface area contributed by atoms with E-state index in [0.717, 1.165) is 5.56 Å². The van der Waals surface area contributed by atoms with Crippen LogP contribution in [0.4, 0.5) is 8.78 Å². The molecule has 0 amide bonds. The monoisotopic (exact) mass is 330 g/mol. The highest BCUT2D eigenvalue weighted by Gasteiger charge is 2.11. The smallest absolute Gasteiger partial charge is 0.124 e. The van der Waals surface area contributed by atoms with E-state index in [1.165, 1.54) is 24.3 Å². The van der Waals surface area contributed by atoms with E-state index < -0.39 is 0 Å². The van der Waals surface area contributed by atoms with Crippen LogP contribution >= 0.6 is 27.5 Å². The summed E-state index contributed by atoms with van der Waals surface area (Å²) in [6.45, 7) is 0. The van der Waals surface area contributed by atoms with Gasteiger partial charge in [-0.2, -0.15) is 0 Å². The van der Waals surface area contributed by atoms with Crippen LogP contribution in [-0.4, -0.2) is 0 Å². The molecule has 4 heteroatoms. The predicted molar refractivity (Wildman–Crippen MR) is 72.8 cm³/mol. The molecule has 0 bridgehead atoms. The third-order valence-electron chi connectivity index (χ3n) is 2.57. The fraction of sp³-hybridized carbons (Fsp3) is 0.143. The number of halogens is 4. The third-order valence-corrected chi connectivity index (χ3v) is 3.44. The van der Waals surface area contributed by atoms with E-state index in [0.29, 0.717) is 16.5 Å². The molecule has 94 valence electrons. The van der Waals surface area contributed by atoms with Crippen LogP contribution in [0.2, 0.25) is 0 Å². The van der Waals surface area contributed by atoms with Gasteiger partial charge in [0, 0.05) is 4.47 Å². The quantitative estimate of drug-likeness (QED) is 0.674. The zero-order chi connectivity index (χ0) is 13.1. The Morgan fingerprint density at radius 3 is 2.28 bits per heavy atom. The Balaban J connectivity index is 2.16. The van der Waals surface area contributed by atoms with Gasteiger partial charge in [-0.3, -0.25) is 0 Å². The van der Waals surface area contributed by atoms with Crippen molar-refractivity contribution in [2.45, 2.75) is 11.8 Å². The molecule has 2 rings (SSSR count). The van der Waals surface area contributed by atoms with Gasteiger partial charge in [0.25, 0.3) is 0 Å². The largest absolute Gasteiger partial charge is 0.207 e. The van der Waals surface area contributed by atoms with Gasteiger partial charge in [0.15, 0.2) is 0 Å². The van der Waals surface area contributed by atoms with Gasteiger partial charge >= 0.3 is 0 Å². The Morgan fingerprint density at radius 2 is 1.67 bits per heavy atom. The standard InChI is InChI=1S/C14H10BrClF2/c15-11-6-10(7-13(18)8-11)14(16)5-9-1-3-12(17)4-2-9/h1-4,6-8,14H,5H2. The van der Waals surface area contributed by atoms with Crippen molar-refractivity contribution in [1.82, 2.24) is 0 Å². The molecule has 0 radical (unpaired) electrons. The molecule has 0 spiro atoms. The number of hydrogen-bond acceptors (Lipinski definition) is 0. The van der Waals surface area contributed by atoms with Gasteiger partial charge in [-0.1, -0.05) is 28.1 Å². The van der Waals surface area contributed by atoms with Crippen molar-refractivity contribution in [3.8, 4) is 0 Å². The average molecular weight is 332 g/mol. The summed E-state index contributed by atoms with van der Waals surface area (Å²) in [6.07, 6.45) is 0.526. The lowest BCUT2D eigenvalue weighted by molar-refractivity contribution is 0.623. The second kappa shape index (κ2) is 5.81. The molecule has 1 unspecified atom stereocenters. The summed E-state index contributed by atoms with van der Waals surface area (Å²) in [7, 11) is 0. The maximum absolute atomic E-state index is 13.2. The van der Waals surface area contributed by atoms with Crippen molar-refractivity contribution >= 4 is 27.5 Å². The number of hydrogen-bond donors (Lipinski definition) is 0. The molecule has 0 saturated carbocycles. The highest BCUT2D eigenvalue weighted by molar-refractivity contribution is 9.10. The molecule has 0 nitrogen and oxygen atoms in total. The number of alkyl halides is 1. The summed E-state index contributed by atoms with van der Waals surface area (Å²) in [5, 5.41) is -0.345. The first kappa shape index (κ1) is 13.5. The van der Waals surface area contributed by atoms with Gasteiger partial charge in [-0.25, -0.2) is 8.78 Å². The SMILES string of the molecule is Fc1ccc(CC(Cl)c2cc(F)cc(Br)c2)cc1. The van der Waals surface area contributed by atoms with Gasteiger partial charge < -0.3 is 0 Å². The van der Waals surface area contributed by atoms with Crippen molar-refractivity contribution in [3.05, 3.63) is 69.7 Å². The number of rotatable bonds is 3. The maximum atomic E-state index is 13.2. The van der Waals surface area contributed by atoms with Crippen LogP contribution < -0.4 is 0 Å². The molecule has 0 fully saturated rings. The van der Waals surface area contributed by atoms with E-state index >= 15 is 0 Å². The average Bonchev–Trinajstić information content (AvgIpc) is 2.31. The topological polar surface area (TPSA) is 0 Å². The Bertz CT molecular complexity index is 520. The van der Waals surface area contributed by atoms with Crippen molar-refractivity contribution < 1.29 is 8.78 Å². The minimum Gasteiger partial charge on any atom is -0.207 e. The van der Waals surface area contributed by atoms with E-state index in [2.05, 4.69) is 15.9 Å². The molecule has 2 aromatic rings. The Labute approximate surface area is 118 Å². The highest BCUT2D eigenvalue weighted by Crippen LogP contribution is 2.28. The van der Waals surface area contributed by atoms with Gasteiger partial charge in [0.1, 0.15) is 11.6 Å². The molecule has 0 saturated heterocycles. The molecule has 1 atom stereocenters.